The largest absolute Gasteiger partial charge is 0.356 e. The number of nitrogens with one attached hydrogen (secondary N) is 4. The normalized spacial score (nSPS) is 17.4. The molecule has 306 valence electrons. The molecule has 10 atom stereocenters. The third kappa shape index (κ3) is 24.2. The molecule has 52 heavy (non-hydrogen) atoms. The van der Waals surface area contributed by atoms with Gasteiger partial charge in [-0.05, 0) is 73.0 Å². The lowest BCUT2D eigenvalue weighted by molar-refractivity contribution is -0.140. The monoisotopic (exact) mass is 735 g/mol. The van der Waals surface area contributed by atoms with Crippen molar-refractivity contribution in [3.63, 3.8) is 0 Å². The summed E-state index contributed by atoms with van der Waals surface area (Å²) in [6, 6.07) is 0. The molecule has 0 heterocycles. The fraction of sp³-hybridized carbons (Fsp3) is 0.909. The summed E-state index contributed by atoms with van der Waals surface area (Å²) in [5.74, 6) is 0.290. The number of carbonyl (C=O) groups is 4. The van der Waals surface area contributed by atoms with E-state index in [1.807, 2.05) is 0 Å². The molecule has 0 saturated heterocycles. The molecular formula is C44H86N4O4. The smallest absolute Gasteiger partial charge is 0.224 e. The third-order valence-electron chi connectivity index (χ3n) is 10.9. The van der Waals surface area contributed by atoms with Crippen LogP contribution in [0.25, 0.3) is 0 Å². The van der Waals surface area contributed by atoms with E-state index in [4.69, 9.17) is 0 Å². The van der Waals surface area contributed by atoms with Gasteiger partial charge >= 0.3 is 0 Å². The van der Waals surface area contributed by atoms with E-state index in [2.05, 4.69) is 104 Å². The molecule has 0 radical (unpaired) electrons. The molecule has 8 heteroatoms. The standard InChI is InChI=1S/C44H86N4O4/c1-13-17-31(5)21-35(9)27-45-41(49)25-39(43(51)47-29-37(11)23-33(7)19-15-3)40(44(52)48-30-38(12)24-34(8)20-16-4)26-42(50)46-28-36(10)22-32(6)18-14-2/h31-40H,13-30H2,1-12H3,(H,45,49)(H,46,50)(H,47,51)(H,48,52). The lowest BCUT2D eigenvalue weighted by atomic mass is 9.84. The molecule has 0 aromatic carbocycles. The van der Waals surface area contributed by atoms with Crippen molar-refractivity contribution in [3.05, 3.63) is 0 Å². The Morgan fingerprint density at radius 2 is 0.596 bits per heavy atom. The van der Waals surface area contributed by atoms with Gasteiger partial charge in [-0.25, -0.2) is 0 Å². The Morgan fingerprint density at radius 1 is 0.365 bits per heavy atom. The van der Waals surface area contributed by atoms with Crippen LogP contribution in [-0.4, -0.2) is 49.8 Å². The maximum atomic E-state index is 14.1. The number of rotatable bonds is 31. The van der Waals surface area contributed by atoms with Crippen LogP contribution in [0, 0.1) is 59.2 Å². The average Bonchev–Trinajstić information content (AvgIpc) is 3.06. The Hall–Kier alpha value is -2.12. The molecular weight excluding hydrogens is 649 g/mol. The molecule has 0 aliphatic rings. The topological polar surface area (TPSA) is 116 Å². The highest BCUT2D eigenvalue weighted by Crippen LogP contribution is 2.24. The van der Waals surface area contributed by atoms with Crippen LogP contribution in [0.4, 0.5) is 0 Å². The average molecular weight is 735 g/mol. The second-order valence-corrected chi connectivity index (χ2v) is 17.7. The minimum atomic E-state index is -0.961. The Morgan fingerprint density at radius 3 is 0.827 bits per heavy atom. The van der Waals surface area contributed by atoms with Gasteiger partial charge < -0.3 is 21.3 Å². The molecule has 4 N–H and O–H groups in total. The Balaban J connectivity index is 6.18. The highest BCUT2D eigenvalue weighted by molar-refractivity contribution is 5.93. The van der Waals surface area contributed by atoms with Crippen molar-refractivity contribution in [3.8, 4) is 0 Å². The summed E-state index contributed by atoms with van der Waals surface area (Å²) in [4.78, 5) is 55.2. The Labute approximate surface area is 321 Å². The molecule has 0 spiro atoms. The van der Waals surface area contributed by atoms with Crippen LogP contribution in [0.1, 0.15) is 173 Å². The van der Waals surface area contributed by atoms with E-state index in [1.165, 1.54) is 0 Å². The first-order valence-corrected chi connectivity index (χ1v) is 21.6. The van der Waals surface area contributed by atoms with E-state index >= 15 is 0 Å². The minimum Gasteiger partial charge on any atom is -0.356 e. The van der Waals surface area contributed by atoms with Gasteiger partial charge in [0.1, 0.15) is 0 Å². The second kappa shape index (κ2) is 29.3. The summed E-state index contributed by atoms with van der Waals surface area (Å²) in [6.45, 7) is 28.3. The number of carbonyl (C=O) groups excluding carboxylic acids is 4. The van der Waals surface area contributed by atoms with E-state index in [9.17, 15) is 19.2 Å². The van der Waals surface area contributed by atoms with E-state index in [0.717, 1.165) is 77.0 Å². The maximum absolute atomic E-state index is 14.1. The van der Waals surface area contributed by atoms with Crippen molar-refractivity contribution >= 4 is 23.6 Å². The van der Waals surface area contributed by atoms with E-state index < -0.39 is 11.8 Å². The predicted octanol–water partition coefficient (Wildman–Crippen LogP) is 9.31. The SMILES string of the molecule is CCCC(C)CC(C)CNC(=O)CC(C(=O)NCC(C)CC(C)CCC)C(CC(=O)NCC(C)CC(C)CCC)C(=O)NCC(C)CC(C)CCC. The summed E-state index contributed by atoms with van der Waals surface area (Å²) < 4.78 is 0. The highest BCUT2D eigenvalue weighted by atomic mass is 16.2. The fourth-order valence-corrected chi connectivity index (χ4v) is 8.29. The van der Waals surface area contributed by atoms with Gasteiger partial charge in [-0.1, -0.05) is 134 Å². The van der Waals surface area contributed by atoms with Crippen LogP contribution < -0.4 is 21.3 Å². The van der Waals surface area contributed by atoms with Gasteiger partial charge in [-0.15, -0.1) is 0 Å². The van der Waals surface area contributed by atoms with Gasteiger partial charge in [0.05, 0.1) is 11.8 Å². The van der Waals surface area contributed by atoms with Crippen LogP contribution in [0.2, 0.25) is 0 Å². The molecule has 0 saturated carbocycles. The first-order valence-electron chi connectivity index (χ1n) is 21.6. The van der Waals surface area contributed by atoms with Gasteiger partial charge in [0.2, 0.25) is 23.6 Å². The van der Waals surface area contributed by atoms with Gasteiger partial charge in [-0.3, -0.25) is 19.2 Å². The molecule has 0 bridgehead atoms. The van der Waals surface area contributed by atoms with Crippen LogP contribution in [0.15, 0.2) is 0 Å². The van der Waals surface area contributed by atoms with Gasteiger partial charge in [-0.2, -0.15) is 0 Å². The van der Waals surface area contributed by atoms with Crippen LogP contribution in [0.3, 0.4) is 0 Å². The lowest BCUT2D eigenvalue weighted by Gasteiger charge is -2.27. The van der Waals surface area contributed by atoms with Gasteiger partial charge in [0, 0.05) is 39.0 Å². The van der Waals surface area contributed by atoms with Gasteiger partial charge in [0.15, 0.2) is 0 Å². The molecule has 0 fully saturated rings. The molecule has 0 rings (SSSR count). The lowest BCUT2D eigenvalue weighted by Crippen LogP contribution is -2.47. The minimum absolute atomic E-state index is 0.136. The molecule has 0 aliphatic carbocycles. The molecule has 8 nitrogen and oxygen atoms in total. The summed E-state index contributed by atoms with van der Waals surface area (Å²) >= 11 is 0. The van der Waals surface area contributed by atoms with Gasteiger partial charge in [0.25, 0.3) is 0 Å². The number of hydrogen-bond donors (Lipinski definition) is 4. The van der Waals surface area contributed by atoms with E-state index in [1.54, 1.807) is 0 Å². The van der Waals surface area contributed by atoms with Crippen LogP contribution in [-0.2, 0) is 19.2 Å². The van der Waals surface area contributed by atoms with Crippen molar-refractivity contribution in [2.45, 2.75) is 173 Å². The van der Waals surface area contributed by atoms with Crippen molar-refractivity contribution < 1.29 is 19.2 Å². The Bertz CT molecular complexity index is 898. The van der Waals surface area contributed by atoms with Crippen molar-refractivity contribution in [2.75, 3.05) is 26.2 Å². The zero-order valence-corrected chi connectivity index (χ0v) is 36.1. The number of amides is 4. The van der Waals surface area contributed by atoms with E-state index in [0.29, 0.717) is 61.7 Å². The molecule has 0 aromatic heterocycles. The first-order chi connectivity index (χ1) is 24.6. The quantitative estimate of drug-likeness (QED) is 0.0568. The fourth-order valence-electron chi connectivity index (χ4n) is 8.29. The summed E-state index contributed by atoms with van der Waals surface area (Å²) in [5.41, 5.74) is 0. The zero-order valence-electron chi connectivity index (χ0n) is 36.1. The highest BCUT2D eigenvalue weighted by Gasteiger charge is 2.37. The molecule has 0 aliphatic heterocycles. The van der Waals surface area contributed by atoms with Crippen LogP contribution >= 0.6 is 0 Å². The maximum Gasteiger partial charge on any atom is 0.224 e. The van der Waals surface area contributed by atoms with Crippen molar-refractivity contribution in [1.82, 2.24) is 21.3 Å². The van der Waals surface area contributed by atoms with Crippen LogP contribution in [0.5, 0.6) is 0 Å². The van der Waals surface area contributed by atoms with E-state index in [-0.39, 0.29) is 48.3 Å². The summed E-state index contributed by atoms with van der Waals surface area (Å²) in [6.07, 6.45) is 12.8. The first kappa shape index (κ1) is 49.9. The molecule has 4 amide bonds. The second-order valence-electron chi connectivity index (χ2n) is 17.7. The third-order valence-corrected chi connectivity index (χ3v) is 10.9. The molecule has 0 aromatic rings. The number of hydrogen-bond acceptors (Lipinski definition) is 4. The predicted molar refractivity (Wildman–Crippen MR) is 220 cm³/mol. The van der Waals surface area contributed by atoms with Crippen molar-refractivity contribution in [1.29, 1.82) is 0 Å². The molecule has 10 unspecified atom stereocenters. The summed E-state index contributed by atoms with van der Waals surface area (Å²) in [5, 5.41) is 12.4. The Kier molecular flexibility index (Phi) is 28.1. The van der Waals surface area contributed by atoms with Crippen molar-refractivity contribution in [2.24, 2.45) is 59.2 Å². The summed E-state index contributed by atoms with van der Waals surface area (Å²) in [7, 11) is 0. The zero-order chi connectivity index (χ0) is 39.6.